The number of likely N-dealkylation sites (N-methyl/N-ethyl adjacent to an activating group) is 1. The summed E-state index contributed by atoms with van der Waals surface area (Å²) < 4.78 is 0. The molecule has 1 aliphatic heterocycles. The number of nitrogens with two attached hydrogens (primary N) is 1. The second kappa shape index (κ2) is 3.39. The summed E-state index contributed by atoms with van der Waals surface area (Å²) >= 11 is 6.25. The average molecular weight is 225 g/mol. The Kier molecular flexibility index (Phi) is 2.44. The van der Waals surface area contributed by atoms with Crippen molar-refractivity contribution in [3.05, 3.63) is 28.3 Å². The summed E-state index contributed by atoms with van der Waals surface area (Å²) in [5.41, 5.74) is 9.19. The van der Waals surface area contributed by atoms with Gasteiger partial charge in [0.15, 0.2) is 0 Å². The lowest BCUT2D eigenvalue weighted by Gasteiger charge is -2.38. The smallest absolute Gasteiger partial charge is 0.0683 e. The van der Waals surface area contributed by atoms with Gasteiger partial charge in [0.05, 0.1) is 10.7 Å². The van der Waals surface area contributed by atoms with E-state index < -0.39 is 0 Å². The van der Waals surface area contributed by atoms with Gasteiger partial charge in [-0.05, 0) is 24.2 Å². The fourth-order valence-corrected chi connectivity index (χ4v) is 2.74. The van der Waals surface area contributed by atoms with E-state index in [4.69, 9.17) is 17.3 Å². The highest BCUT2D eigenvalue weighted by atomic mass is 35.5. The van der Waals surface area contributed by atoms with E-state index in [0.29, 0.717) is 5.69 Å². The van der Waals surface area contributed by atoms with Crippen LogP contribution in [0, 0.1) is 0 Å². The van der Waals surface area contributed by atoms with Gasteiger partial charge in [0.2, 0.25) is 0 Å². The molecule has 0 radical (unpaired) electrons. The minimum atomic E-state index is 0.152. The van der Waals surface area contributed by atoms with Crippen molar-refractivity contribution < 1.29 is 0 Å². The number of halogens is 1. The number of fused-ring (bicyclic) bond motifs is 1. The predicted octanol–water partition coefficient (Wildman–Crippen LogP) is 2.65. The van der Waals surface area contributed by atoms with Crippen molar-refractivity contribution in [3.63, 3.8) is 0 Å². The third-order valence-electron chi connectivity index (χ3n) is 3.10. The zero-order valence-electron chi connectivity index (χ0n) is 9.47. The van der Waals surface area contributed by atoms with E-state index in [0.717, 1.165) is 18.1 Å². The number of anilines is 1. The molecule has 0 amide bonds. The van der Waals surface area contributed by atoms with Crippen LogP contribution < -0.4 is 5.73 Å². The summed E-state index contributed by atoms with van der Waals surface area (Å²) in [6, 6.07) is 4.03. The van der Waals surface area contributed by atoms with Gasteiger partial charge in [-0.1, -0.05) is 31.5 Å². The topological polar surface area (TPSA) is 29.3 Å². The molecule has 1 heterocycles. The largest absolute Gasteiger partial charge is 0.398 e. The van der Waals surface area contributed by atoms with E-state index in [-0.39, 0.29) is 5.41 Å². The Hall–Kier alpha value is -0.730. The molecule has 0 atom stereocenters. The van der Waals surface area contributed by atoms with E-state index in [1.165, 1.54) is 11.1 Å². The minimum Gasteiger partial charge on any atom is -0.398 e. The summed E-state index contributed by atoms with van der Waals surface area (Å²) in [5, 5.41) is 0.729. The first-order chi connectivity index (χ1) is 6.92. The van der Waals surface area contributed by atoms with Gasteiger partial charge in [0, 0.05) is 18.5 Å². The lowest BCUT2D eigenvalue weighted by Crippen LogP contribution is -2.40. The van der Waals surface area contributed by atoms with Gasteiger partial charge in [-0.15, -0.1) is 0 Å². The van der Waals surface area contributed by atoms with E-state index in [9.17, 15) is 0 Å². The summed E-state index contributed by atoms with van der Waals surface area (Å²) in [4.78, 5) is 2.29. The lowest BCUT2D eigenvalue weighted by molar-refractivity contribution is 0.236. The van der Waals surface area contributed by atoms with Crippen molar-refractivity contribution in [2.45, 2.75) is 25.8 Å². The minimum absolute atomic E-state index is 0.152. The Labute approximate surface area is 96.0 Å². The van der Waals surface area contributed by atoms with Crippen LogP contribution >= 0.6 is 11.6 Å². The summed E-state index contributed by atoms with van der Waals surface area (Å²) in [7, 11) is 2.12. The summed E-state index contributed by atoms with van der Waals surface area (Å²) in [5.74, 6) is 0. The molecule has 0 bridgehead atoms. The molecule has 0 spiro atoms. The fraction of sp³-hybridized carbons (Fsp3) is 0.500. The normalized spacial score (nSPS) is 20.0. The van der Waals surface area contributed by atoms with Crippen LogP contribution in [0.4, 0.5) is 5.69 Å². The number of benzene rings is 1. The van der Waals surface area contributed by atoms with Crippen LogP contribution in [-0.2, 0) is 12.0 Å². The molecule has 2 N–H and O–H groups in total. The van der Waals surface area contributed by atoms with Crippen LogP contribution in [0.2, 0.25) is 5.02 Å². The Morgan fingerprint density at radius 1 is 1.40 bits per heavy atom. The van der Waals surface area contributed by atoms with E-state index in [1.807, 2.05) is 6.07 Å². The van der Waals surface area contributed by atoms with Crippen LogP contribution in [0.15, 0.2) is 12.1 Å². The monoisotopic (exact) mass is 224 g/mol. The fourth-order valence-electron chi connectivity index (χ4n) is 2.51. The molecule has 0 aliphatic carbocycles. The SMILES string of the molecule is CN1Cc2c(ccc(N)c2Cl)C(C)(C)C1. The van der Waals surface area contributed by atoms with E-state index in [1.54, 1.807) is 0 Å². The number of hydrogen-bond acceptors (Lipinski definition) is 2. The predicted molar refractivity (Wildman–Crippen MR) is 65.2 cm³/mol. The molecule has 15 heavy (non-hydrogen) atoms. The highest BCUT2D eigenvalue weighted by Gasteiger charge is 2.31. The Balaban J connectivity index is 2.62. The molecule has 1 aliphatic rings. The van der Waals surface area contributed by atoms with Crippen LogP contribution in [-0.4, -0.2) is 18.5 Å². The van der Waals surface area contributed by atoms with Crippen LogP contribution in [0.5, 0.6) is 0 Å². The van der Waals surface area contributed by atoms with E-state index >= 15 is 0 Å². The zero-order valence-corrected chi connectivity index (χ0v) is 10.2. The number of nitrogens with zero attached hydrogens (tertiary/aromatic N) is 1. The van der Waals surface area contributed by atoms with Gasteiger partial charge in [-0.25, -0.2) is 0 Å². The van der Waals surface area contributed by atoms with Crippen LogP contribution in [0.25, 0.3) is 0 Å². The van der Waals surface area contributed by atoms with Crippen molar-refractivity contribution in [1.82, 2.24) is 4.90 Å². The maximum atomic E-state index is 6.25. The maximum Gasteiger partial charge on any atom is 0.0683 e. The molecule has 2 rings (SSSR count). The highest BCUT2D eigenvalue weighted by Crippen LogP contribution is 2.38. The Morgan fingerprint density at radius 2 is 2.07 bits per heavy atom. The van der Waals surface area contributed by atoms with Crippen LogP contribution in [0.3, 0.4) is 0 Å². The van der Waals surface area contributed by atoms with Crippen LogP contribution in [0.1, 0.15) is 25.0 Å². The van der Waals surface area contributed by atoms with Gasteiger partial charge >= 0.3 is 0 Å². The van der Waals surface area contributed by atoms with Gasteiger partial charge in [0.1, 0.15) is 0 Å². The number of hydrogen-bond donors (Lipinski definition) is 1. The Morgan fingerprint density at radius 3 is 2.73 bits per heavy atom. The summed E-state index contributed by atoms with van der Waals surface area (Å²) in [6.07, 6.45) is 0. The van der Waals surface area contributed by atoms with Crippen molar-refractivity contribution in [2.75, 3.05) is 19.3 Å². The first-order valence-corrected chi connectivity index (χ1v) is 5.55. The van der Waals surface area contributed by atoms with Gasteiger partial charge < -0.3 is 10.6 Å². The van der Waals surface area contributed by atoms with Gasteiger partial charge in [-0.3, -0.25) is 0 Å². The third kappa shape index (κ3) is 1.72. The third-order valence-corrected chi connectivity index (χ3v) is 3.54. The first kappa shape index (κ1) is 10.8. The second-order valence-electron chi connectivity index (χ2n) is 5.05. The molecular formula is C12H17ClN2. The second-order valence-corrected chi connectivity index (χ2v) is 5.43. The van der Waals surface area contributed by atoms with Gasteiger partial charge in [0.25, 0.3) is 0 Å². The van der Waals surface area contributed by atoms with Crippen molar-refractivity contribution in [1.29, 1.82) is 0 Å². The molecule has 0 saturated carbocycles. The first-order valence-electron chi connectivity index (χ1n) is 5.18. The molecule has 0 aromatic heterocycles. The molecule has 2 nitrogen and oxygen atoms in total. The molecule has 1 aromatic carbocycles. The number of nitrogen functional groups attached to an aromatic ring is 1. The van der Waals surface area contributed by atoms with Crippen molar-refractivity contribution in [3.8, 4) is 0 Å². The Bertz CT molecular complexity index is 399. The molecular weight excluding hydrogens is 208 g/mol. The molecule has 0 unspecified atom stereocenters. The lowest BCUT2D eigenvalue weighted by atomic mass is 9.78. The zero-order chi connectivity index (χ0) is 11.2. The molecule has 1 aromatic rings. The highest BCUT2D eigenvalue weighted by molar-refractivity contribution is 6.34. The molecule has 3 heteroatoms. The summed E-state index contributed by atoms with van der Waals surface area (Å²) in [6.45, 7) is 6.44. The quantitative estimate of drug-likeness (QED) is 0.687. The number of rotatable bonds is 0. The van der Waals surface area contributed by atoms with E-state index in [2.05, 4.69) is 31.9 Å². The standard InChI is InChI=1S/C12H17ClN2/c1-12(2)7-15(3)6-8-9(12)4-5-10(14)11(8)13/h4-5H,6-7,14H2,1-3H3. The molecule has 0 saturated heterocycles. The molecule has 0 fully saturated rings. The van der Waals surface area contributed by atoms with Crippen molar-refractivity contribution >= 4 is 17.3 Å². The van der Waals surface area contributed by atoms with Gasteiger partial charge in [-0.2, -0.15) is 0 Å². The average Bonchev–Trinajstić information content (AvgIpc) is 2.10. The maximum absolute atomic E-state index is 6.25. The van der Waals surface area contributed by atoms with Crippen molar-refractivity contribution in [2.24, 2.45) is 0 Å². The molecule has 82 valence electrons.